The van der Waals surface area contributed by atoms with E-state index in [1.54, 1.807) is 24.3 Å². The number of fused-ring (bicyclic) bond motifs is 1. The monoisotopic (exact) mass is 642 g/mol. The first-order valence-electron chi connectivity index (χ1n) is 12.7. The minimum Gasteiger partial charge on any atom is -0.496 e. The predicted octanol–water partition coefficient (Wildman–Crippen LogP) is 7.50. The molecule has 0 saturated heterocycles. The summed E-state index contributed by atoms with van der Waals surface area (Å²) in [5.41, 5.74) is 8.33. The molecule has 1 aliphatic carbocycles. The Kier molecular flexibility index (Phi) is 11.2. The van der Waals surface area contributed by atoms with Crippen LogP contribution in [0.4, 0.5) is 14.6 Å². The van der Waals surface area contributed by atoms with Crippen molar-refractivity contribution < 1.29 is 18.3 Å². The van der Waals surface area contributed by atoms with Gasteiger partial charge in [0, 0.05) is 36.0 Å². The lowest BCUT2D eigenvalue weighted by Gasteiger charge is -2.37. The number of ether oxygens (including phenoxy) is 1. The van der Waals surface area contributed by atoms with E-state index in [4.69, 9.17) is 22.1 Å². The average Bonchev–Trinajstić information content (AvgIpc) is 3.32. The lowest BCUT2D eigenvalue weighted by Crippen LogP contribution is -2.44. The summed E-state index contributed by atoms with van der Waals surface area (Å²) in [7, 11) is 3.53. The van der Waals surface area contributed by atoms with Gasteiger partial charge in [-0.15, -0.1) is 36.2 Å². The van der Waals surface area contributed by atoms with Crippen LogP contribution in [-0.4, -0.2) is 42.0 Å². The molecule has 41 heavy (non-hydrogen) atoms. The largest absolute Gasteiger partial charge is 0.496 e. The van der Waals surface area contributed by atoms with Gasteiger partial charge in [-0.2, -0.15) is 0 Å². The number of benzene rings is 2. The van der Waals surface area contributed by atoms with Crippen LogP contribution in [0.5, 0.6) is 5.75 Å². The van der Waals surface area contributed by atoms with Crippen molar-refractivity contribution in [1.82, 2.24) is 15.2 Å². The number of methoxy groups -OCH3 is 1. The van der Waals surface area contributed by atoms with E-state index < -0.39 is 11.6 Å². The van der Waals surface area contributed by atoms with Crippen LogP contribution in [0.1, 0.15) is 40.9 Å². The molecule has 1 aliphatic rings. The maximum absolute atomic E-state index is 14.6. The van der Waals surface area contributed by atoms with E-state index in [9.17, 15) is 13.6 Å². The Morgan fingerprint density at radius 3 is 2.39 bits per heavy atom. The third-order valence-electron chi connectivity index (χ3n) is 7.42. The van der Waals surface area contributed by atoms with E-state index >= 15 is 0 Å². The fraction of sp³-hybridized carbons (Fsp3) is 0.310. The van der Waals surface area contributed by atoms with Gasteiger partial charge in [-0.1, -0.05) is 17.7 Å². The Morgan fingerprint density at radius 2 is 1.78 bits per heavy atom. The van der Waals surface area contributed by atoms with Crippen LogP contribution in [0.25, 0.3) is 21.2 Å². The van der Waals surface area contributed by atoms with Crippen molar-refractivity contribution in [2.75, 3.05) is 19.9 Å². The van der Waals surface area contributed by atoms with Gasteiger partial charge in [0.1, 0.15) is 28.1 Å². The Hall–Kier alpha value is -2.69. The van der Waals surface area contributed by atoms with Gasteiger partial charge < -0.3 is 20.7 Å². The zero-order chi connectivity index (χ0) is 27.7. The van der Waals surface area contributed by atoms with Gasteiger partial charge in [-0.3, -0.25) is 4.79 Å². The van der Waals surface area contributed by atoms with Crippen molar-refractivity contribution in [2.24, 2.45) is 0 Å². The fourth-order valence-corrected chi connectivity index (χ4v) is 6.75. The molecule has 0 aliphatic heterocycles. The summed E-state index contributed by atoms with van der Waals surface area (Å²) in [4.78, 5) is 20.2. The van der Waals surface area contributed by atoms with Crippen molar-refractivity contribution in [1.29, 1.82) is 0 Å². The number of carbonyl (C=O) groups excluding carboxylic acids is 1. The molecule has 6 nitrogen and oxygen atoms in total. The molecule has 0 spiro atoms. The predicted molar refractivity (Wildman–Crippen MR) is 167 cm³/mol. The SMILES string of the molecule is CNC1CCC(N(Cc2cc(-c3ccc(N)nc3)ccc2OC)C(=O)c2sc3c(F)ccc(F)c3c2Cl)CC1.Cl.Cl. The molecular weight excluding hydrogens is 613 g/mol. The molecule has 0 bridgehead atoms. The lowest BCUT2D eigenvalue weighted by atomic mass is 9.89. The first kappa shape index (κ1) is 32.8. The highest BCUT2D eigenvalue weighted by molar-refractivity contribution is 7.21. The molecule has 3 N–H and O–H groups in total. The third-order valence-corrected chi connectivity index (χ3v) is 9.10. The molecule has 5 rings (SSSR count). The van der Waals surface area contributed by atoms with Crippen molar-refractivity contribution in [2.45, 2.75) is 44.3 Å². The minimum absolute atomic E-state index is 0. The summed E-state index contributed by atoms with van der Waals surface area (Å²) in [6.07, 6.45) is 5.08. The standard InChI is InChI=1S/C29H29ClF2N4O2S.2ClH/c1-34-19-5-7-20(8-6-19)36(29(37)28-26(30)25-21(31)9-10-22(32)27(25)39-28)15-18-13-16(3-11-23(18)38-2)17-4-12-24(33)35-14-17;;/h3-4,9-14,19-20,34H,5-8,15H2,1-2H3,(H2,33,35);2*1H. The molecular formula is C29H31Cl3F2N4O2S. The number of nitrogens with one attached hydrogen (secondary N) is 1. The highest BCUT2D eigenvalue weighted by atomic mass is 35.5. The zero-order valence-electron chi connectivity index (χ0n) is 22.5. The van der Waals surface area contributed by atoms with Gasteiger partial charge >= 0.3 is 0 Å². The quantitative estimate of drug-likeness (QED) is 0.218. The van der Waals surface area contributed by atoms with E-state index in [0.717, 1.165) is 65.8 Å². The number of pyridine rings is 1. The van der Waals surface area contributed by atoms with Crippen molar-refractivity contribution in [3.8, 4) is 16.9 Å². The van der Waals surface area contributed by atoms with E-state index in [-0.39, 0.29) is 63.3 Å². The van der Waals surface area contributed by atoms with Crippen molar-refractivity contribution >= 4 is 69.6 Å². The molecule has 0 atom stereocenters. The number of amides is 1. The maximum atomic E-state index is 14.6. The molecule has 2 aromatic carbocycles. The Labute approximate surface area is 259 Å². The first-order valence-corrected chi connectivity index (χ1v) is 13.9. The van der Waals surface area contributed by atoms with Crippen LogP contribution in [0.2, 0.25) is 5.02 Å². The Bertz CT molecular complexity index is 1510. The Balaban J connectivity index is 0.00000231. The highest BCUT2D eigenvalue weighted by Crippen LogP contribution is 2.40. The normalized spacial score (nSPS) is 16.5. The molecule has 1 amide bonds. The molecule has 2 heterocycles. The smallest absolute Gasteiger partial charge is 0.266 e. The number of hydrogen-bond donors (Lipinski definition) is 2. The van der Waals surface area contributed by atoms with Gasteiger partial charge in [0.2, 0.25) is 0 Å². The number of aromatic nitrogens is 1. The molecule has 0 unspecified atom stereocenters. The van der Waals surface area contributed by atoms with Gasteiger partial charge in [0.05, 0.1) is 22.2 Å². The number of nitrogen functional groups attached to an aromatic ring is 1. The van der Waals surface area contributed by atoms with Gasteiger partial charge in [-0.05, 0) is 74.7 Å². The number of hydrogen-bond acceptors (Lipinski definition) is 6. The van der Waals surface area contributed by atoms with Crippen molar-refractivity contribution in [3.05, 3.63) is 75.8 Å². The van der Waals surface area contributed by atoms with E-state index in [1.165, 1.54) is 0 Å². The van der Waals surface area contributed by atoms with Crippen LogP contribution < -0.4 is 15.8 Å². The second kappa shape index (κ2) is 14.0. The van der Waals surface area contributed by atoms with Crippen LogP contribution in [0.3, 0.4) is 0 Å². The first-order chi connectivity index (χ1) is 18.8. The summed E-state index contributed by atoms with van der Waals surface area (Å²) >= 11 is 7.43. The average molecular weight is 644 g/mol. The molecule has 1 saturated carbocycles. The summed E-state index contributed by atoms with van der Waals surface area (Å²) in [5.74, 6) is -0.559. The Morgan fingerprint density at radius 1 is 1.10 bits per heavy atom. The van der Waals surface area contributed by atoms with Crippen LogP contribution in [0, 0.1) is 11.6 Å². The summed E-state index contributed by atoms with van der Waals surface area (Å²) in [5, 5.41) is 3.21. The van der Waals surface area contributed by atoms with Gasteiger partial charge in [-0.25, -0.2) is 13.8 Å². The number of thiophene rings is 1. The number of anilines is 1. The fourth-order valence-electron chi connectivity index (χ4n) is 5.25. The zero-order valence-corrected chi connectivity index (χ0v) is 25.7. The number of carbonyl (C=O) groups is 1. The second-order valence-corrected chi connectivity index (χ2v) is 11.1. The summed E-state index contributed by atoms with van der Waals surface area (Å²) in [6.45, 7) is 0.239. The molecule has 12 heteroatoms. The highest BCUT2D eigenvalue weighted by Gasteiger charge is 2.33. The van der Waals surface area contributed by atoms with E-state index in [2.05, 4.69) is 10.3 Å². The molecule has 2 aromatic heterocycles. The number of nitrogens with zero attached hydrogens (tertiary/aromatic N) is 2. The third kappa shape index (κ3) is 6.70. The van der Waals surface area contributed by atoms with E-state index in [0.29, 0.717) is 17.6 Å². The summed E-state index contributed by atoms with van der Waals surface area (Å²) < 4.78 is 34.9. The number of halogens is 5. The van der Waals surface area contributed by atoms with Crippen LogP contribution in [0.15, 0.2) is 48.7 Å². The topological polar surface area (TPSA) is 80.5 Å². The van der Waals surface area contributed by atoms with Crippen LogP contribution >= 0.6 is 47.8 Å². The summed E-state index contributed by atoms with van der Waals surface area (Å²) in [6, 6.07) is 11.8. The molecule has 1 fully saturated rings. The molecule has 4 aromatic rings. The van der Waals surface area contributed by atoms with Gasteiger partial charge in [0.15, 0.2) is 0 Å². The number of nitrogens with two attached hydrogens (primary N) is 1. The van der Waals surface area contributed by atoms with E-state index in [1.807, 2.05) is 31.3 Å². The molecule has 220 valence electrons. The second-order valence-electron chi connectivity index (χ2n) is 9.70. The molecule has 0 radical (unpaired) electrons. The lowest BCUT2D eigenvalue weighted by molar-refractivity contribution is 0.0604. The minimum atomic E-state index is -0.653. The van der Waals surface area contributed by atoms with Gasteiger partial charge in [0.25, 0.3) is 5.91 Å². The maximum Gasteiger partial charge on any atom is 0.266 e. The van der Waals surface area contributed by atoms with Crippen molar-refractivity contribution in [3.63, 3.8) is 0 Å². The van der Waals surface area contributed by atoms with Crippen LogP contribution in [-0.2, 0) is 6.54 Å². The number of rotatable bonds is 7.